The van der Waals surface area contributed by atoms with E-state index in [0.29, 0.717) is 0 Å². The number of aromatic nitrogens is 2. The van der Waals surface area contributed by atoms with Crippen molar-refractivity contribution in [3.63, 3.8) is 0 Å². The van der Waals surface area contributed by atoms with Crippen LogP contribution in [0.1, 0.15) is 12.6 Å². The van der Waals surface area contributed by atoms with Crippen molar-refractivity contribution < 1.29 is 9.90 Å². The molecule has 19 heavy (non-hydrogen) atoms. The van der Waals surface area contributed by atoms with Crippen LogP contribution in [0.5, 0.6) is 0 Å². The largest absolute Gasteiger partial charge is 0.480 e. The minimum Gasteiger partial charge on any atom is -0.480 e. The SMILES string of the molecule is CC(C(=O)O)N1CCN(CCc2ccnn2C)CC1. The lowest BCUT2D eigenvalue weighted by molar-refractivity contribution is -0.143. The number of aliphatic carboxylic acids is 1. The smallest absolute Gasteiger partial charge is 0.320 e. The van der Waals surface area contributed by atoms with E-state index in [9.17, 15) is 4.79 Å². The maximum atomic E-state index is 10.9. The fraction of sp³-hybridized carbons (Fsp3) is 0.692. The van der Waals surface area contributed by atoms with Crippen molar-refractivity contribution in [2.75, 3.05) is 32.7 Å². The van der Waals surface area contributed by atoms with Crippen LogP contribution in [0.25, 0.3) is 0 Å². The number of carbonyl (C=O) groups is 1. The van der Waals surface area contributed by atoms with Gasteiger partial charge < -0.3 is 10.0 Å². The van der Waals surface area contributed by atoms with Crippen LogP contribution in [0, 0.1) is 0 Å². The topological polar surface area (TPSA) is 61.6 Å². The van der Waals surface area contributed by atoms with Gasteiger partial charge in [0.15, 0.2) is 0 Å². The van der Waals surface area contributed by atoms with Crippen molar-refractivity contribution in [2.24, 2.45) is 7.05 Å². The number of hydrogen-bond donors (Lipinski definition) is 1. The number of hydrogen-bond acceptors (Lipinski definition) is 4. The highest BCUT2D eigenvalue weighted by molar-refractivity contribution is 5.72. The van der Waals surface area contributed by atoms with E-state index < -0.39 is 5.97 Å². The molecule has 1 aromatic heterocycles. The van der Waals surface area contributed by atoms with E-state index in [1.54, 1.807) is 6.92 Å². The molecule has 6 heteroatoms. The predicted octanol–water partition coefficient (Wildman–Crippen LogP) is 0.0533. The number of rotatable bonds is 5. The van der Waals surface area contributed by atoms with Gasteiger partial charge in [0.1, 0.15) is 6.04 Å². The van der Waals surface area contributed by atoms with Crippen LogP contribution in [0.15, 0.2) is 12.3 Å². The lowest BCUT2D eigenvalue weighted by Crippen LogP contribution is -2.52. The van der Waals surface area contributed by atoms with E-state index in [1.165, 1.54) is 5.69 Å². The van der Waals surface area contributed by atoms with Crippen LogP contribution in [0.3, 0.4) is 0 Å². The Morgan fingerprint density at radius 3 is 2.63 bits per heavy atom. The Morgan fingerprint density at radius 2 is 2.11 bits per heavy atom. The van der Waals surface area contributed by atoms with Gasteiger partial charge in [0.2, 0.25) is 0 Å². The van der Waals surface area contributed by atoms with Crippen LogP contribution in [0.4, 0.5) is 0 Å². The van der Waals surface area contributed by atoms with Gasteiger partial charge in [0, 0.05) is 58.1 Å². The Labute approximate surface area is 113 Å². The zero-order valence-corrected chi connectivity index (χ0v) is 11.6. The molecule has 0 bridgehead atoms. The van der Waals surface area contributed by atoms with Gasteiger partial charge in [0.25, 0.3) is 0 Å². The third-order valence-electron chi connectivity index (χ3n) is 3.92. The molecule has 0 amide bonds. The predicted molar refractivity (Wildman–Crippen MR) is 72.0 cm³/mol. The summed E-state index contributed by atoms with van der Waals surface area (Å²) in [6.07, 6.45) is 2.81. The molecule has 0 spiro atoms. The van der Waals surface area contributed by atoms with Crippen molar-refractivity contribution in [3.05, 3.63) is 18.0 Å². The average molecular weight is 266 g/mol. The highest BCUT2D eigenvalue weighted by atomic mass is 16.4. The molecule has 1 saturated heterocycles. The second-order valence-corrected chi connectivity index (χ2v) is 5.09. The summed E-state index contributed by atoms with van der Waals surface area (Å²) < 4.78 is 1.91. The zero-order valence-electron chi connectivity index (χ0n) is 11.6. The van der Waals surface area contributed by atoms with Crippen LogP contribution in [0.2, 0.25) is 0 Å². The van der Waals surface area contributed by atoms with E-state index in [4.69, 9.17) is 5.11 Å². The average Bonchev–Trinajstić information content (AvgIpc) is 2.81. The van der Waals surface area contributed by atoms with E-state index in [0.717, 1.165) is 39.1 Å². The monoisotopic (exact) mass is 266 g/mol. The number of nitrogens with zero attached hydrogens (tertiary/aromatic N) is 4. The van der Waals surface area contributed by atoms with Gasteiger partial charge in [-0.2, -0.15) is 5.10 Å². The number of aryl methyl sites for hydroxylation is 1. The third-order valence-corrected chi connectivity index (χ3v) is 3.92. The molecule has 0 saturated carbocycles. The van der Waals surface area contributed by atoms with Crippen LogP contribution >= 0.6 is 0 Å². The summed E-state index contributed by atoms with van der Waals surface area (Å²) in [4.78, 5) is 15.4. The third kappa shape index (κ3) is 3.54. The van der Waals surface area contributed by atoms with Gasteiger partial charge in [-0.3, -0.25) is 14.4 Å². The molecule has 6 nitrogen and oxygen atoms in total. The number of carboxylic acid groups (broad SMARTS) is 1. The van der Waals surface area contributed by atoms with Crippen molar-refractivity contribution in [1.29, 1.82) is 0 Å². The van der Waals surface area contributed by atoms with Crippen molar-refractivity contribution >= 4 is 5.97 Å². The standard InChI is InChI=1S/C13H22N4O2/c1-11(13(18)19)17-9-7-16(8-10-17)6-4-12-3-5-14-15(12)2/h3,5,11H,4,6-10H2,1-2H3,(H,18,19). The minimum atomic E-state index is -0.733. The van der Waals surface area contributed by atoms with Crippen LogP contribution < -0.4 is 0 Å². The van der Waals surface area contributed by atoms with E-state index in [2.05, 4.69) is 10.00 Å². The Hall–Kier alpha value is -1.40. The quantitative estimate of drug-likeness (QED) is 0.816. The molecular weight excluding hydrogens is 244 g/mol. The normalized spacial score (nSPS) is 19.5. The van der Waals surface area contributed by atoms with Gasteiger partial charge in [-0.1, -0.05) is 0 Å². The van der Waals surface area contributed by atoms with Gasteiger partial charge in [-0.15, -0.1) is 0 Å². The van der Waals surface area contributed by atoms with Crippen molar-refractivity contribution in [3.8, 4) is 0 Å². The summed E-state index contributed by atoms with van der Waals surface area (Å²) in [5, 5.41) is 13.2. The summed E-state index contributed by atoms with van der Waals surface area (Å²) >= 11 is 0. The lowest BCUT2D eigenvalue weighted by atomic mass is 10.2. The molecule has 0 aliphatic carbocycles. The summed E-state index contributed by atoms with van der Waals surface area (Å²) in [5.74, 6) is -0.733. The van der Waals surface area contributed by atoms with E-state index in [-0.39, 0.29) is 6.04 Å². The molecule has 1 unspecified atom stereocenters. The first-order valence-corrected chi connectivity index (χ1v) is 6.74. The molecular formula is C13H22N4O2. The maximum Gasteiger partial charge on any atom is 0.320 e. The van der Waals surface area contributed by atoms with Gasteiger partial charge in [-0.05, 0) is 13.0 Å². The van der Waals surface area contributed by atoms with Crippen LogP contribution in [-0.4, -0.2) is 69.4 Å². The molecule has 1 atom stereocenters. The first-order chi connectivity index (χ1) is 9.08. The molecule has 1 N–H and O–H groups in total. The highest BCUT2D eigenvalue weighted by Crippen LogP contribution is 2.08. The van der Waals surface area contributed by atoms with Crippen molar-refractivity contribution in [2.45, 2.75) is 19.4 Å². The molecule has 1 aliphatic rings. The summed E-state index contributed by atoms with van der Waals surface area (Å²) in [5.41, 5.74) is 1.24. The molecule has 2 rings (SSSR count). The Bertz CT molecular complexity index is 424. The molecule has 1 fully saturated rings. The number of carboxylic acids is 1. The molecule has 106 valence electrons. The van der Waals surface area contributed by atoms with E-state index >= 15 is 0 Å². The summed E-state index contributed by atoms with van der Waals surface area (Å²) in [6, 6.07) is 1.67. The Balaban J connectivity index is 1.75. The van der Waals surface area contributed by atoms with Gasteiger partial charge in [0.05, 0.1) is 0 Å². The molecule has 0 radical (unpaired) electrons. The first kappa shape index (κ1) is 14.0. The lowest BCUT2D eigenvalue weighted by Gasteiger charge is -2.36. The summed E-state index contributed by atoms with van der Waals surface area (Å²) in [6.45, 7) is 6.31. The van der Waals surface area contributed by atoms with E-state index in [1.807, 2.05) is 28.9 Å². The number of piperazine rings is 1. The maximum absolute atomic E-state index is 10.9. The Kier molecular flexibility index (Phi) is 4.55. The second-order valence-electron chi connectivity index (χ2n) is 5.09. The van der Waals surface area contributed by atoms with Crippen LogP contribution in [-0.2, 0) is 18.3 Å². The molecule has 1 aliphatic heterocycles. The molecule has 0 aromatic carbocycles. The van der Waals surface area contributed by atoms with Gasteiger partial charge >= 0.3 is 5.97 Å². The first-order valence-electron chi connectivity index (χ1n) is 6.74. The Morgan fingerprint density at radius 1 is 1.42 bits per heavy atom. The van der Waals surface area contributed by atoms with Crippen molar-refractivity contribution in [1.82, 2.24) is 19.6 Å². The molecule has 1 aromatic rings. The highest BCUT2D eigenvalue weighted by Gasteiger charge is 2.24. The second kappa shape index (κ2) is 6.16. The minimum absolute atomic E-state index is 0.376. The molecule has 2 heterocycles. The van der Waals surface area contributed by atoms with Gasteiger partial charge in [-0.25, -0.2) is 0 Å². The zero-order chi connectivity index (χ0) is 13.8. The fourth-order valence-corrected chi connectivity index (χ4v) is 2.45. The summed E-state index contributed by atoms with van der Waals surface area (Å²) in [7, 11) is 1.96. The fourth-order valence-electron chi connectivity index (χ4n) is 2.45.